The molecule has 2 aromatic rings. The van der Waals surface area contributed by atoms with Crippen LogP contribution in [-0.2, 0) is 20.4 Å². The van der Waals surface area contributed by atoms with Crippen LogP contribution in [0, 0.1) is 0 Å². The summed E-state index contributed by atoms with van der Waals surface area (Å²) in [5.41, 5.74) is 1.80. The van der Waals surface area contributed by atoms with Gasteiger partial charge in [-0.2, -0.15) is 13.2 Å². The zero-order chi connectivity index (χ0) is 23.5. The third kappa shape index (κ3) is 5.47. The van der Waals surface area contributed by atoms with Crippen LogP contribution in [0.2, 0.25) is 0 Å². The molecular weight excluding hydrogens is 433 g/mol. The number of rotatable bonds is 7. The van der Waals surface area contributed by atoms with Gasteiger partial charge in [0.1, 0.15) is 35.8 Å². The Bertz CT molecular complexity index is 1010. The van der Waals surface area contributed by atoms with E-state index in [4.69, 9.17) is 24.7 Å². The molecule has 3 rings (SSSR count). The largest absolute Gasteiger partial charge is 0.491 e. The maximum atomic E-state index is 13.4. The highest BCUT2D eigenvalue weighted by Crippen LogP contribution is 2.35. The molecule has 1 aliphatic rings. The van der Waals surface area contributed by atoms with Crippen molar-refractivity contribution in [3.8, 4) is 16.9 Å². The van der Waals surface area contributed by atoms with E-state index in [0.29, 0.717) is 19.0 Å². The first kappa shape index (κ1) is 23.8. The summed E-state index contributed by atoms with van der Waals surface area (Å²) in [6.45, 7) is 2.77. The van der Waals surface area contributed by atoms with Crippen LogP contribution in [0.4, 0.5) is 13.2 Å². The number of benzene rings is 1. The van der Waals surface area contributed by atoms with Crippen LogP contribution in [0.25, 0.3) is 11.1 Å². The van der Waals surface area contributed by atoms with Crippen molar-refractivity contribution in [2.75, 3.05) is 26.9 Å². The molecule has 32 heavy (non-hydrogen) atoms. The zero-order valence-electron chi connectivity index (χ0n) is 17.4. The Morgan fingerprint density at radius 2 is 1.94 bits per heavy atom. The van der Waals surface area contributed by atoms with Gasteiger partial charge in [0.25, 0.3) is 11.5 Å². The molecule has 2 heterocycles. The van der Waals surface area contributed by atoms with Gasteiger partial charge in [-0.1, -0.05) is 12.1 Å². The standard InChI is InChI=1S/C21H23F3N2O6/c1-11-17(10-29-2)32-14(8-30-11)9-31-13-5-3-12(4-6-13)15-7-16(19(25)27)20(28)26-18(15)21(22,23)24/h3-7,11,14,17H,8-10H2,1-2H3,(H2,25,27)(H,26,28). The van der Waals surface area contributed by atoms with E-state index >= 15 is 0 Å². The SMILES string of the molecule is COCC1OC(COc2ccc(-c3cc(C(N)=O)c(=O)[nH]c3C(F)(F)F)cc2)COC1C. The van der Waals surface area contributed by atoms with Gasteiger partial charge in [-0.25, -0.2) is 0 Å². The average molecular weight is 456 g/mol. The highest BCUT2D eigenvalue weighted by molar-refractivity contribution is 5.94. The van der Waals surface area contributed by atoms with Gasteiger partial charge in [0.15, 0.2) is 0 Å². The molecule has 0 aliphatic carbocycles. The summed E-state index contributed by atoms with van der Waals surface area (Å²) >= 11 is 0. The minimum Gasteiger partial charge on any atom is -0.491 e. The van der Waals surface area contributed by atoms with Gasteiger partial charge in [0, 0.05) is 12.7 Å². The van der Waals surface area contributed by atoms with Crippen molar-refractivity contribution in [3.05, 3.63) is 51.9 Å². The number of halogens is 3. The molecule has 0 spiro atoms. The molecule has 0 bridgehead atoms. The van der Waals surface area contributed by atoms with E-state index in [9.17, 15) is 22.8 Å². The number of primary amides is 1. The number of hydrogen-bond acceptors (Lipinski definition) is 6. The van der Waals surface area contributed by atoms with E-state index in [0.717, 1.165) is 6.07 Å². The first-order valence-corrected chi connectivity index (χ1v) is 9.73. The van der Waals surface area contributed by atoms with E-state index in [1.54, 1.807) is 12.1 Å². The number of hydrogen-bond donors (Lipinski definition) is 2. The topological polar surface area (TPSA) is 113 Å². The summed E-state index contributed by atoms with van der Waals surface area (Å²) < 4.78 is 62.6. The van der Waals surface area contributed by atoms with Gasteiger partial charge in [0.2, 0.25) is 0 Å². The minimum atomic E-state index is -4.84. The lowest BCUT2D eigenvalue weighted by Crippen LogP contribution is -2.46. The molecule has 3 unspecified atom stereocenters. The lowest BCUT2D eigenvalue weighted by molar-refractivity contribution is -0.194. The first-order valence-electron chi connectivity index (χ1n) is 9.73. The Labute approximate surface area is 181 Å². The van der Waals surface area contributed by atoms with E-state index < -0.39 is 28.9 Å². The van der Waals surface area contributed by atoms with Crippen LogP contribution in [0.3, 0.4) is 0 Å². The minimum absolute atomic E-state index is 0.115. The number of nitrogens with two attached hydrogens (primary N) is 1. The number of nitrogens with one attached hydrogen (secondary N) is 1. The predicted molar refractivity (Wildman–Crippen MR) is 107 cm³/mol. The molecule has 1 saturated heterocycles. The molecular formula is C21H23F3N2O6. The fourth-order valence-corrected chi connectivity index (χ4v) is 3.27. The average Bonchev–Trinajstić information content (AvgIpc) is 2.74. The third-order valence-corrected chi connectivity index (χ3v) is 4.96. The molecule has 0 radical (unpaired) electrons. The maximum absolute atomic E-state index is 13.4. The second-order valence-corrected chi connectivity index (χ2v) is 7.29. The summed E-state index contributed by atoms with van der Waals surface area (Å²) in [4.78, 5) is 24.9. The first-order chi connectivity index (χ1) is 15.1. The smallest absolute Gasteiger partial charge is 0.431 e. The van der Waals surface area contributed by atoms with Gasteiger partial charge in [-0.15, -0.1) is 0 Å². The molecule has 3 atom stereocenters. The number of H-pyrrole nitrogens is 1. The maximum Gasteiger partial charge on any atom is 0.431 e. The van der Waals surface area contributed by atoms with Crippen molar-refractivity contribution >= 4 is 5.91 Å². The molecule has 1 amide bonds. The number of alkyl halides is 3. The van der Waals surface area contributed by atoms with Crippen molar-refractivity contribution in [3.63, 3.8) is 0 Å². The number of amides is 1. The number of carbonyl (C=O) groups excluding carboxylic acids is 1. The van der Waals surface area contributed by atoms with Gasteiger partial charge < -0.3 is 29.7 Å². The summed E-state index contributed by atoms with van der Waals surface area (Å²) in [5, 5.41) is 0. The molecule has 1 fully saturated rings. The van der Waals surface area contributed by atoms with Crippen molar-refractivity contribution in [2.24, 2.45) is 5.73 Å². The molecule has 8 nitrogen and oxygen atoms in total. The number of methoxy groups -OCH3 is 1. The molecule has 3 N–H and O–H groups in total. The van der Waals surface area contributed by atoms with Crippen LogP contribution in [-0.4, -0.2) is 56.1 Å². The fourth-order valence-electron chi connectivity index (χ4n) is 3.27. The second-order valence-electron chi connectivity index (χ2n) is 7.29. The van der Waals surface area contributed by atoms with Crippen LogP contribution in [0.5, 0.6) is 5.75 Å². The second kappa shape index (κ2) is 9.72. The van der Waals surface area contributed by atoms with Gasteiger partial charge in [-0.05, 0) is 30.7 Å². The summed E-state index contributed by atoms with van der Waals surface area (Å²) in [6, 6.07) is 6.56. The molecule has 1 aliphatic heterocycles. The highest BCUT2D eigenvalue weighted by Gasteiger charge is 2.36. The van der Waals surface area contributed by atoms with Crippen LogP contribution in [0.15, 0.2) is 35.1 Å². The van der Waals surface area contributed by atoms with Crippen molar-refractivity contribution in [1.82, 2.24) is 4.98 Å². The molecule has 0 saturated carbocycles. The lowest BCUT2D eigenvalue weighted by atomic mass is 10.0. The molecule has 1 aromatic carbocycles. The Morgan fingerprint density at radius 3 is 2.53 bits per heavy atom. The number of pyridine rings is 1. The van der Waals surface area contributed by atoms with Crippen molar-refractivity contribution < 1.29 is 36.9 Å². The predicted octanol–water partition coefficient (Wildman–Crippen LogP) is 2.36. The Hall–Kier alpha value is -2.89. The lowest BCUT2D eigenvalue weighted by Gasteiger charge is -2.34. The van der Waals surface area contributed by atoms with Crippen molar-refractivity contribution in [2.45, 2.75) is 31.4 Å². The monoisotopic (exact) mass is 456 g/mol. The Balaban J connectivity index is 1.76. The Morgan fingerprint density at radius 1 is 1.25 bits per heavy atom. The van der Waals surface area contributed by atoms with E-state index in [2.05, 4.69) is 0 Å². The highest BCUT2D eigenvalue weighted by atomic mass is 19.4. The van der Waals surface area contributed by atoms with E-state index in [1.165, 1.54) is 24.3 Å². The summed E-state index contributed by atoms with van der Waals surface area (Å²) in [5.74, 6) is -0.732. The third-order valence-electron chi connectivity index (χ3n) is 4.96. The van der Waals surface area contributed by atoms with Crippen LogP contribution < -0.4 is 16.0 Å². The number of aromatic nitrogens is 1. The van der Waals surface area contributed by atoms with E-state index in [1.807, 2.05) is 6.92 Å². The summed E-state index contributed by atoms with van der Waals surface area (Å²) in [7, 11) is 1.57. The molecule has 1 aromatic heterocycles. The van der Waals surface area contributed by atoms with Crippen LogP contribution in [0.1, 0.15) is 23.0 Å². The number of carbonyl (C=O) groups is 1. The van der Waals surface area contributed by atoms with E-state index in [-0.39, 0.29) is 36.0 Å². The fraction of sp³-hybridized carbons (Fsp3) is 0.429. The summed E-state index contributed by atoms with van der Waals surface area (Å²) in [6.07, 6.45) is -5.52. The number of aromatic amines is 1. The van der Waals surface area contributed by atoms with Gasteiger partial charge >= 0.3 is 6.18 Å². The van der Waals surface area contributed by atoms with Gasteiger partial charge in [-0.3, -0.25) is 9.59 Å². The van der Waals surface area contributed by atoms with Gasteiger partial charge in [0.05, 0.1) is 19.3 Å². The normalized spacial score (nSPS) is 21.3. The quantitative estimate of drug-likeness (QED) is 0.662. The molecule has 11 heteroatoms. The Kier molecular flexibility index (Phi) is 7.22. The van der Waals surface area contributed by atoms with Crippen LogP contribution >= 0.6 is 0 Å². The number of ether oxygens (including phenoxy) is 4. The zero-order valence-corrected chi connectivity index (χ0v) is 17.4. The molecule has 174 valence electrons. The van der Waals surface area contributed by atoms with Crippen molar-refractivity contribution in [1.29, 1.82) is 0 Å².